The maximum Gasteiger partial charge on any atom is 0.258 e. The Balaban J connectivity index is 2.70. The first-order valence-electron chi connectivity index (χ1n) is 4.48. The fraction of sp³-hybridized carbons (Fsp3) is 0.0909. The van der Waals surface area contributed by atoms with Gasteiger partial charge < -0.3 is 4.98 Å². The van der Waals surface area contributed by atoms with Gasteiger partial charge in [-0.3, -0.25) is 4.79 Å². The molecule has 1 heterocycles. The van der Waals surface area contributed by atoms with E-state index in [0.717, 1.165) is 0 Å². The van der Waals surface area contributed by atoms with Crippen LogP contribution in [0.15, 0.2) is 35.5 Å². The Morgan fingerprint density at radius 3 is 2.87 bits per heavy atom. The monoisotopic (exact) mass is 204 g/mol. The number of aryl methyl sites for hydroxylation is 1. The number of nitrogens with zero attached hydrogens (tertiary/aromatic N) is 1. The molecular formula is C11H9FN2O. The summed E-state index contributed by atoms with van der Waals surface area (Å²) in [5.74, 6) is -0.379. The minimum absolute atomic E-state index is 0.249. The molecule has 4 heteroatoms. The van der Waals surface area contributed by atoms with Crippen LogP contribution in [0.3, 0.4) is 0 Å². The number of rotatable bonds is 1. The van der Waals surface area contributed by atoms with Crippen LogP contribution >= 0.6 is 0 Å². The van der Waals surface area contributed by atoms with Gasteiger partial charge in [0.15, 0.2) is 0 Å². The maximum absolute atomic E-state index is 13.7. The smallest absolute Gasteiger partial charge is 0.258 e. The summed E-state index contributed by atoms with van der Waals surface area (Å²) in [6.07, 6.45) is 2.64. The van der Waals surface area contributed by atoms with Crippen LogP contribution in [0.25, 0.3) is 11.1 Å². The predicted octanol–water partition coefficient (Wildman–Crippen LogP) is 1.88. The van der Waals surface area contributed by atoms with Crippen molar-refractivity contribution in [3.05, 3.63) is 52.5 Å². The molecule has 0 aliphatic rings. The molecule has 0 aliphatic heterocycles. The second kappa shape index (κ2) is 3.65. The topological polar surface area (TPSA) is 45.8 Å². The van der Waals surface area contributed by atoms with E-state index in [0.29, 0.717) is 5.56 Å². The fourth-order valence-corrected chi connectivity index (χ4v) is 1.39. The van der Waals surface area contributed by atoms with E-state index < -0.39 is 0 Å². The summed E-state index contributed by atoms with van der Waals surface area (Å²) in [6, 6.07) is 4.93. The van der Waals surface area contributed by atoms with Gasteiger partial charge in [-0.1, -0.05) is 18.2 Å². The summed E-state index contributed by atoms with van der Waals surface area (Å²) < 4.78 is 13.7. The quantitative estimate of drug-likeness (QED) is 0.770. The molecule has 0 radical (unpaired) electrons. The zero-order chi connectivity index (χ0) is 10.8. The average Bonchev–Trinajstić information content (AvgIpc) is 2.23. The van der Waals surface area contributed by atoms with E-state index in [1.54, 1.807) is 25.1 Å². The van der Waals surface area contributed by atoms with Crippen molar-refractivity contribution in [2.75, 3.05) is 0 Å². The molecule has 0 unspecified atom stereocenters. The molecular weight excluding hydrogens is 195 g/mol. The normalized spacial score (nSPS) is 10.3. The Labute approximate surface area is 85.6 Å². The van der Waals surface area contributed by atoms with Gasteiger partial charge in [-0.15, -0.1) is 0 Å². The molecule has 3 nitrogen and oxygen atoms in total. The number of benzene rings is 1. The first-order valence-corrected chi connectivity index (χ1v) is 4.48. The molecule has 15 heavy (non-hydrogen) atoms. The molecule has 1 aromatic heterocycles. The van der Waals surface area contributed by atoms with Crippen LogP contribution in [0, 0.1) is 12.7 Å². The van der Waals surface area contributed by atoms with Gasteiger partial charge in [-0.2, -0.15) is 0 Å². The van der Waals surface area contributed by atoms with Crippen molar-refractivity contribution in [1.29, 1.82) is 0 Å². The van der Waals surface area contributed by atoms with Gasteiger partial charge in [0.1, 0.15) is 5.82 Å². The van der Waals surface area contributed by atoms with Gasteiger partial charge in [0.25, 0.3) is 5.56 Å². The fourth-order valence-electron chi connectivity index (χ4n) is 1.39. The number of H-pyrrole nitrogens is 1. The van der Waals surface area contributed by atoms with Crippen LogP contribution in [0.1, 0.15) is 5.56 Å². The lowest BCUT2D eigenvalue weighted by Crippen LogP contribution is -2.09. The van der Waals surface area contributed by atoms with E-state index in [-0.39, 0.29) is 22.5 Å². The van der Waals surface area contributed by atoms with Crippen molar-refractivity contribution in [1.82, 2.24) is 9.97 Å². The van der Waals surface area contributed by atoms with Gasteiger partial charge in [0, 0.05) is 11.8 Å². The molecule has 1 aromatic carbocycles. The standard InChI is InChI=1S/C11H9FN2O/c1-7-3-2-4-8(10(7)12)9-5-13-6-14-11(9)15/h2-6H,1H3,(H,13,14,15). The third-order valence-corrected chi connectivity index (χ3v) is 2.20. The van der Waals surface area contributed by atoms with Gasteiger partial charge >= 0.3 is 0 Å². The molecule has 0 amide bonds. The van der Waals surface area contributed by atoms with Crippen molar-refractivity contribution in [3.63, 3.8) is 0 Å². The summed E-state index contributed by atoms with van der Waals surface area (Å²) in [5, 5.41) is 0. The third kappa shape index (κ3) is 1.66. The van der Waals surface area contributed by atoms with Crippen LogP contribution in [0.5, 0.6) is 0 Å². The van der Waals surface area contributed by atoms with Crippen molar-refractivity contribution in [3.8, 4) is 11.1 Å². The minimum atomic E-state index is -0.379. The Hall–Kier alpha value is -1.97. The number of nitrogens with one attached hydrogen (secondary N) is 1. The summed E-state index contributed by atoms with van der Waals surface area (Å²) in [7, 11) is 0. The Morgan fingerprint density at radius 1 is 1.33 bits per heavy atom. The summed E-state index contributed by atoms with van der Waals surface area (Å²) in [5.41, 5.74) is 0.702. The van der Waals surface area contributed by atoms with Crippen molar-refractivity contribution >= 4 is 0 Å². The second-order valence-electron chi connectivity index (χ2n) is 3.23. The van der Waals surface area contributed by atoms with Crippen LogP contribution < -0.4 is 5.56 Å². The summed E-state index contributed by atoms with van der Waals surface area (Å²) >= 11 is 0. The summed E-state index contributed by atoms with van der Waals surface area (Å²) in [6.45, 7) is 1.66. The lowest BCUT2D eigenvalue weighted by atomic mass is 10.1. The Bertz CT molecular complexity index is 548. The predicted molar refractivity (Wildman–Crippen MR) is 55.0 cm³/mol. The average molecular weight is 204 g/mol. The molecule has 1 N–H and O–H groups in total. The molecule has 0 saturated carbocycles. The molecule has 0 atom stereocenters. The lowest BCUT2D eigenvalue weighted by Gasteiger charge is -2.03. The van der Waals surface area contributed by atoms with Gasteiger partial charge in [0.05, 0.1) is 11.9 Å². The zero-order valence-electron chi connectivity index (χ0n) is 8.12. The molecule has 2 rings (SSSR count). The molecule has 0 saturated heterocycles. The Kier molecular flexibility index (Phi) is 2.33. The van der Waals surface area contributed by atoms with Gasteiger partial charge in [-0.25, -0.2) is 9.37 Å². The van der Waals surface area contributed by atoms with Crippen LogP contribution in [0.4, 0.5) is 4.39 Å². The lowest BCUT2D eigenvalue weighted by molar-refractivity contribution is 0.621. The highest BCUT2D eigenvalue weighted by atomic mass is 19.1. The summed E-state index contributed by atoms with van der Waals surface area (Å²) in [4.78, 5) is 17.6. The minimum Gasteiger partial charge on any atom is -0.313 e. The molecule has 76 valence electrons. The van der Waals surface area contributed by atoms with E-state index in [2.05, 4.69) is 9.97 Å². The van der Waals surface area contributed by atoms with Crippen molar-refractivity contribution in [2.24, 2.45) is 0 Å². The van der Waals surface area contributed by atoms with E-state index in [4.69, 9.17) is 0 Å². The second-order valence-corrected chi connectivity index (χ2v) is 3.23. The first-order chi connectivity index (χ1) is 7.20. The number of hydrogen-bond acceptors (Lipinski definition) is 2. The number of hydrogen-bond donors (Lipinski definition) is 1. The van der Waals surface area contributed by atoms with E-state index in [1.807, 2.05) is 0 Å². The van der Waals surface area contributed by atoms with Crippen LogP contribution in [-0.2, 0) is 0 Å². The van der Waals surface area contributed by atoms with Crippen LogP contribution in [-0.4, -0.2) is 9.97 Å². The maximum atomic E-state index is 13.7. The van der Waals surface area contributed by atoms with E-state index >= 15 is 0 Å². The highest BCUT2D eigenvalue weighted by molar-refractivity contribution is 5.62. The first kappa shape index (κ1) is 9.58. The molecule has 2 aromatic rings. The van der Waals surface area contributed by atoms with Crippen molar-refractivity contribution < 1.29 is 4.39 Å². The van der Waals surface area contributed by atoms with Crippen LogP contribution in [0.2, 0.25) is 0 Å². The van der Waals surface area contributed by atoms with E-state index in [9.17, 15) is 9.18 Å². The number of aromatic amines is 1. The molecule has 0 spiro atoms. The molecule has 0 aliphatic carbocycles. The number of halogens is 1. The molecule has 0 bridgehead atoms. The zero-order valence-corrected chi connectivity index (χ0v) is 8.12. The van der Waals surface area contributed by atoms with E-state index in [1.165, 1.54) is 12.5 Å². The largest absolute Gasteiger partial charge is 0.313 e. The highest BCUT2D eigenvalue weighted by Gasteiger charge is 2.09. The Morgan fingerprint density at radius 2 is 2.13 bits per heavy atom. The SMILES string of the molecule is Cc1cccc(-c2cnc[nH]c2=O)c1F. The van der Waals surface area contributed by atoms with Gasteiger partial charge in [0.2, 0.25) is 0 Å². The molecule has 0 fully saturated rings. The van der Waals surface area contributed by atoms with Crippen molar-refractivity contribution in [2.45, 2.75) is 6.92 Å². The third-order valence-electron chi connectivity index (χ3n) is 2.20. The van der Waals surface area contributed by atoms with Gasteiger partial charge in [-0.05, 0) is 12.5 Å². The number of aromatic nitrogens is 2. The highest BCUT2D eigenvalue weighted by Crippen LogP contribution is 2.20.